The van der Waals surface area contributed by atoms with Gasteiger partial charge in [-0.1, -0.05) is 60.2 Å². The third kappa shape index (κ3) is 9.96. The molecular weight excluding hydrogens is 538 g/mol. The number of hydrogen-bond acceptors (Lipinski definition) is 8. The van der Waals surface area contributed by atoms with Crippen molar-refractivity contribution < 1.29 is 29.0 Å². The van der Waals surface area contributed by atoms with Gasteiger partial charge < -0.3 is 25.8 Å². The Morgan fingerprint density at radius 1 is 1.03 bits per heavy atom. The van der Waals surface area contributed by atoms with Crippen LogP contribution in [0.4, 0.5) is 0 Å². The molecule has 0 radical (unpaired) electrons. The summed E-state index contributed by atoms with van der Waals surface area (Å²) in [5.41, 5.74) is 0.734. The van der Waals surface area contributed by atoms with E-state index in [1.165, 1.54) is 22.9 Å². The molecule has 1 aromatic rings. The number of phenols is 1. The number of Topliss-reactive ketones (excluding diaryl/α,β-unsaturated/α-hetero) is 1. The number of allylic oxidation sites excluding steroid dienone is 1. The molecule has 2 aliphatic rings. The highest BCUT2D eigenvalue weighted by atomic mass is 33.1. The fraction of sp³-hybridized carbons (Fsp3) is 0.500. The molecule has 0 aliphatic carbocycles. The van der Waals surface area contributed by atoms with E-state index >= 15 is 0 Å². The summed E-state index contributed by atoms with van der Waals surface area (Å²) >= 11 is 0. The fourth-order valence-corrected chi connectivity index (χ4v) is 6.40. The molecule has 2 aliphatic heterocycles. The lowest BCUT2D eigenvalue weighted by atomic mass is 9.88. The first-order chi connectivity index (χ1) is 18.6. The lowest BCUT2D eigenvalue weighted by molar-refractivity contribution is -0.135. The van der Waals surface area contributed by atoms with Gasteiger partial charge in [0.25, 0.3) is 0 Å². The zero-order valence-electron chi connectivity index (χ0n) is 22.3. The average molecular weight is 576 g/mol. The Kier molecular flexibility index (Phi) is 11.8. The normalized spacial score (nSPS) is 27.1. The van der Waals surface area contributed by atoms with Gasteiger partial charge in [0.1, 0.15) is 35.5 Å². The SMILES string of the molecule is C=C1CNC(=O)[C@@H](Cc2ccc(O)cc2)NC(=O)[C@H]2CSSCC/C=C/C(CC(=O)C[C@H](C(C)C)C(=O)N2)O1. The number of carbonyl (C=O) groups excluding carboxylic acids is 4. The quantitative estimate of drug-likeness (QED) is 0.319. The van der Waals surface area contributed by atoms with E-state index < -0.39 is 35.9 Å². The van der Waals surface area contributed by atoms with Crippen molar-refractivity contribution in [3.05, 3.63) is 54.3 Å². The Morgan fingerprint density at radius 3 is 2.49 bits per heavy atom. The van der Waals surface area contributed by atoms with Crippen LogP contribution < -0.4 is 16.0 Å². The van der Waals surface area contributed by atoms with E-state index in [9.17, 15) is 24.3 Å². The van der Waals surface area contributed by atoms with Gasteiger partial charge in [-0.2, -0.15) is 0 Å². The van der Waals surface area contributed by atoms with Crippen LogP contribution in [0.1, 0.15) is 38.7 Å². The van der Waals surface area contributed by atoms with Crippen molar-refractivity contribution in [2.75, 3.05) is 18.1 Å². The summed E-state index contributed by atoms with van der Waals surface area (Å²) < 4.78 is 5.95. The first-order valence-corrected chi connectivity index (χ1v) is 15.5. The minimum absolute atomic E-state index is 0.000199. The Hall–Kier alpha value is -2.92. The lowest BCUT2D eigenvalue weighted by Gasteiger charge is -2.27. The van der Waals surface area contributed by atoms with Gasteiger partial charge in [-0.25, -0.2) is 0 Å². The standard InChI is InChI=1S/C28H37N3O6S2/c1-17(2)23-14-21(33)13-22-6-4-5-11-38-39-16-25(31-26(23)34)28(36)30-24(27(35)29-15-18(3)37-22)12-19-7-9-20(32)10-8-19/h4,6-10,17,22-25,32H,3,5,11-16H2,1-2H3,(H,29,35)(H,30,36)(H,31,34)/b6-4+/t22?,23-,24-,25-/m1/s1. The third-order valence-corrected chi connectivity index (χ3v) is 8.92. The molecule has 3 amide bonds. The molecule has 4 N–H and O–H groups in total. The van der Waals surface area contributed by atoms with E-state index in [0.717, 1.165) is 17.7 Å². The first-order valence-electron chi connectivity index (χ1n) is 13.1. The molecule has 0 saturated carbocycles. The minimum atomic E-state index is -0.950. The second-order valence-corrected chi connectivity index (χ2v) is 12.7. The maximum atomic E-state index is 13.5. The molecule has 2 heterocycles. The highest BCUT2D eigenvalue weighted by molar-refractivity contribution is 8.76. The second-order valence-electron chi connectivity index (χ2n) is 10.0. The van der Waals surface area contributed by atoms with Crippen molar-refractivity contribution in [1.29, 1.82) is 0 Å². The van der Waals surface area contributed by atoms with Crippen LogP contribution in [-0.2, 0) is 30.3 Å². The van der Waals surface area contributed by atoms with Crippen molar-refractivity contribution in [1.82, 2.24) is 16.0 Å². The van der Waals surface area contributed by atoms with Crippen LogP contribution in [0.3, 0.4) is 0 Å². The number of benzene rings is 1. The number of hydrogen-bond donors (Lipinski definition) is 4. The van der Waals surface area contributed by atoms with E-state index in [0.29, 0.717) is 5.75 Å². The van der Waals surface area contributed by atoms with Gasteiger partial charge in [-0.15, -0.1) is 0 Å². The molecular formula is C28H37N3O6S2. The predicted octanol–water partition coefficient (Wildman–Crippen LogP) is 2.90. The Morgan fingerprint density at radius 2 is 1.77 bits per heavy atom. The van der Waals surface area contributed by atoms with Crippen molar-refractivity contribution in [2.24, 2.45) is 11.8 Å². The van der Waals surface area contributed by atoms with E-state index in [1.54, 1.807) is 22.9 Å². The number of nitrogens with one attached hydrogen (secondary N) is 3. The summed E-state index contributed by atoms with van der Waals surface area (Å²) in [6.07, 6.45) is 4.21. The smallest absolute Gasteiger partial charge is 0.244 e. The van der Waals surface area contributed by atoms with Gasteiger partial charge >= 0.3 is 0 Å². The topological polar surface area (TPSA) is 134 Å². The van der Waals surface area contributed by atoms with Crippen LogP contribution in [-0.4, -0.2) is 64.8 Å². The summed E-state index contributed by atoms with van der Waals surface area (Å²) in [5.74, 6) is -0.764. The fourth-order valence-electron chi connectivity index (χ4n) is 4.25. The number of aromatic hydroxyl groups is 1. The summed E-state index contributed by atoms with van der Waals surface area (Å²) in [5, 5.41) is 18.1. The number of ketones is 1. The predicted molar refractivity (Wildman–Crippen MR) is 154 cm³/mol. The number of rotatable bonds is 3. The summed E-state index contributed by atoms with van der Waals surface area (Å²) in [6, 6.07) is 4.53. The Balaban J connectivity index is 1.96. The number of ether oxygens (including phenoxy) is 1. The summed E-state index contributed by atoms with van der Waals surface area (Å²) in [6.45, 7) is 7.66. The number of phenolic OH excluding ortho intramolecular Hbond substituents is 1. The largest absolute Gasteiger partial charge is 0.508 e. The molecule has 3 rings (SSSR count). The van der Waals surface area contributed by atoms with Crippen LogP contribution in [0.2, 0.25) is 0 Å². The number of fused-ring (bicyclic) bond motifs is 7. The molecule has 9 nitrogen and oxygen atoms in total. The third-order valence-electron chi connectivity index (χ3n) is 6.47. The molecule has 1 unspecified atom stereocenters. The highest BCUT2D eigenvalue weighted by Gasteiger charge is 2.32. The number of carbonyl (C=O) groups is 4. The molecule has 1 saturated heterocycles. The molecule has 212 valence electrons. The maximum absolute atomic E-state index is 13.5. The Bertz CT molecular complexity index is 1080. The maximum Gasteiger partial charge on any atom is 0.244 e. The highest BCUT2D eigenvalue weighted by Crippen LogP contribution is 2.25. The van der Waals surface area contributed by atoms with Gasteiger partial charge in [0, 0.05) is 36.7 Å². The molecule has 1 fully saturated rings. The van der Waals surface area contributed by atoms with Crippen molar-refractivity contribution in [3.63, 3.8) is 0 Å². The first kappa shape index (κ1) is 30.6. The Labute approximate surface area is 237 Å². The zero-order valence-corrected chi connectivity index (χ0v) is 23.9. The van der Waals surface area contributed by atoms with Gasteiger partial charge in [0.05, 0.1) is 6.54 Å². The number of amides is 3. The van der Waals surface area contributed by atoms with E-state index in [2.05, 4.69) is 22.5 Å². The zero-order chi connectivity index (χ0) is 28.4. The van der Waals surface area contributed by atoms with Gasteiger partial charge in [-0.05, 0) is 36.1 Å². The monoisotopic (exact) mass is 575 g/mol. The van der Waals surface area contributed by atoms with Crippen molar-refractivity contribution >= 4 is 45.1 Å². The van der Waals surface area contributed by atoms with Crippen LogP contribution >= 0.6 is 21.6 Å². The molecule has 39 heavy (non-hydrogen) atoms. The van der Waals surface area contributed by atoms with Crippen LogP contribution in [0.5, 0.6) is 5.75 Å². The van der Waals surface area contributed by atoms with Crippen molar-refractivity contribution in [3.8, 4) is 5.75 Å². The molecule has 0 aromatic heterocycles. The van der Waals surface area contributed by atoms with Gasteiger partial charge in [0.2, 0.25) is 17.7 Å². The molecule has 1 aromatic carbocycles. The van der Waals surface area contributed by atoms with Crippen LogP contribution in [0, 0.1) is 11.8 Å². The van der Waals surface area contributed by atoms with E-state index in [4.69, 9.17) is 4.74 Å². The van der Waals surface area contributed by atoms with Gasteiger partial charge in [0.15, 0.2) is 0 Å². The minimum Gasteiger partial charge on any atom is -0.508 e. The molecule has 4 atom stereocenters. The molecule has 11 heteroatoms. The second kappa shape index (κ2) is 15.0. The van der Waals surface area contributed by atoms with Crippen LogP contribution in [0.25, 0.3) is 0 Å². The summed E-state index contributed by atoms with van der Waals surface area (Å²) in [4.78, 5) is 53.1. The molecule has 2 bridgehead atoms. The summed E-state index contributed by atoms with van der Waals surface area (Å²) in [7, 11) is 3.04. The molecule has 0 spiro atoms. The van der Waals surface area contributed by atoms with E-state index in [-0.39, 0.29) is 54.9 Å². The van der Waals surface area contributed by atoms with E-state index in [1.807, 2.05) is 26.0 Å². The average Bonchev–Trinajstić information content (AvgIpc) is 2.88. The van der Waals surface area contributed by atoms with Crippen molar-refractivity contribution in [2.45, 2.75) is 57.7 Å². The van der Waals surface area contributed by atoms with Crippen LogP contribution in [0.15, 0.2) is 48.8 Å². The van der Waals surface area contributed by atoms with Gasteiger partial charge in [-0.3, -0.25) is 19.2 Å². The lowest BCUT2D eigenvalue weighted by Crippen LogP contribution is -2.56.